The minimum absolute atomic E-state index is 0.0369. The molecule has 3 aromatic heterocycles. The highest BCUT2D eigenvalue weighted by Gasteiger charge is 2.39. The van der Waals surface area contributed by atoms with E-state index in [9.17, 15) is 18.0 Å². The highest BCUT2D eigenvalue weighted by molar-refractivity contribution is 5.99. The van der Waals surface area contributed by atoms with Crippen LogP contribution in [0.5, 0.6) is 0 Å². The van der Waals surface area contributed by atoms with Crippen molar-refractivity contribution in [1.82, 2.24) is 33.6 Å². The average Bonchev–Trinajstić information content (AvgIpc) is 3.53. The molecule has 0 aliphatic carbocycles. The van der Waals surface area contributed by atoms with Gasteiger partial charge in [-0.2, -0.15) is 23.4 Å². The molecule has 4 aromatic rings. The van der Waals surface area contributed by atoms with Gasteiger partial charge in [-0.1, -0.05) is 0 Å². The summed E-state index contributed by atoms with van der Waals surface area (Å²) in [5, 5.41) is 16.4. The third kappa shape index (κ3) is 4.54. The zero-order valence-corrected chi connectivity index (χ0v) is 21.7. The first-order valence-electron chi connectivity index (χ1n) is 12.3. The maximum atomic E-state index is 14.0. The van der Waals surface area contributed by atoms with Gasteiger partial charge in [-0.3, -0.25) is 19.6 Å². The molecule has 0 spiro atoms. The quantitative estimate of drug-likeness (QED) is 0.417. The summed E-state index contributed by atoms with van der Waals surface area (Å²) in [7, 11) is 3.56. The highest BCUT2D eigenvalue weighted by Crippen LogP contribution is 2.40. The van der Waals surface area contributed by atoms with Crippen molar-refractivity contribution in [3.63, 3.8) is 0 Å². The first kappa shape index (κ1) is 25.6. The molecule has 0 saturated carbocycles. The summed E-state index contributed by atoms with van der Waals surface area (Å²) in [6.07, 6.45) is 0.630. The maximum Gasteiger partial charge on any atom is 0.435 e. The molecule has 0 fully saturated rings. The number of nitrogens with zero attached hydrogens (tertiary/aromatic N) is 7. The summed E-state index contributed by atoms with van der Waals surface area (Å²) in [5.41, 5.74) is 2.90. The van der Waals surface area contributed by atoms with E-state index in [1.165, 1.54) is 10.9 Å². The summed E-state index contributed by atoms with van der Waals surface area (Å²) in [6, 6.07) is 5.37. The topological polar surface area (TPSA) is 89.7 Å². The number of hydrogen-bond acceptors (Lipinski definition) is 4. The number of rotatable bonds is 6. The van der Waals surface area contributed by atoms with Gasteiger partial charge in [0.2, 0.25) is 5.62 Å². The Morgan fingerprint density at radius 2 is 1.76 bits per heavy atom. The minimum Gasteiger partial charge on any atom is -0.332 e. The fourth-order valence-electron chi connectivity index (χ4n) is 5.04. The van der Waals surface area contributed by atoms with Crippen molar-refractivity contribution in [2.45, 2.75) is 46.1 Å². The van der Waals surface area contributed by atoms with E-state index in [1.54, 1.807) is 57.2 Å². The van der Waals surface area contributed by atoms with E-state index in [1.807, 2.05) is 20.0 Å². The summed E-state index contributed by atoms with van der Waals surface area (Å²) in [6.45, 7) is 4.84. The van der Waals surface area contributed by atoms with Gasteiger partial charge < -0.3 is 14.0 Å². The number of fused-ring (bicyclic) bond motifs is 1. The Morgan fingerprint density at radius 1 is 1.03 bits per heavy atom. The fourth-order valence-corrected chi connectivity index (χ4v) is 5.04. The van der Waals surface area contributed by atoms with Crippen molar-refractivity contribution in [3.05, 3.63) is 76.2 Å². The first-order chi connectivity index (χ1) is 18.0. The molecule has 1 N–H and O–H groups in total. The predicted molar refractivity (Wildman–Crippen MR) is 133 cm³/mol. The molecule has 38 heavy (non-hydrogen) atoms. The van der Waals surface area contributed by atoms with Crippen molar-refractivity contribution in [2.24, 2.45) is 14.1 Å². The van der Waals surface area contributed by atoms with Gasteiger partial charge in [-0.25, -0.2) is 0 Å². The lowest BCUT2D eigenvalue weighted by atomic mass is 9.88. The number of nitrogens with one attached hydrogen (secondary N) is 1. The molecule has 5 rings (SSSR count). The third-order valence-electron chi connectivity index (χ3n) is 6.98. The van der Waals surface area contributed by atoms with E-state index in [2.05, 4.69) is 10.2 Å². The van der Waals surface area contributed by atoms with Crippen LogP contribution in [0.2, 0.25) is 0 Å². The largest absolute Gasteiger partial charge is 0.435 e. The van der Waals surface area contributed by atoms with Crippen LogP contribution in [-0.2, 0) is 46.3 Å². The van der Waals surface area contributed by atoms with E-state index < -0.39 is 11.9 Å². The standard InChI is InChI=1S/C26H29F3N8O/c1-5-37-15-22(23(32-37)26(27,28)29)20-11-17(13-36-9-8-33(3)25(36)30)12-21-19(20)6-7-35(24(21)38)14-18-10-16(2)31-34(18)4/h8-12,15,30H,5-7,13-14H2,1-4H3. The van der Waals surface area contributed by atoms with Gasteiger partial charge in [0.15, 0.2) is 5.69 Å². The minimum atomic E-state index is -4.65. The Bertz CT molecular complexity index is 1590. The highest BCUT2D eigenvalue weighted by atomic mass is 19.4. The van der Waals surface area contributed by atoms with E-state index in [-0.39, 0.29) is 30.2 Å². The number of hydrogen-bond donors (Lipinski definition) is 1. The predicted octanol–water partition coefficient (Wildman–Crippen LogP) is 3.50. The Labute approximate surface area is 217 Å². The number of aromatic nitrogens is 6. The van der Waals surface area contributed by atoms with Gasteiger partial charge in [0.1, 0.15) is 0 Å². The molecule has 1 aliphatic heterocycles. The second kappa shape index (κ2) is 9.34. The number of carbonyl (C=O) groups is 1. The monoisotopic (exact) mass is 526 g/mol. The smallest absolute Gasteiger partial charge is 0.332 e. The van der Waals surface area contributed by atoms with Gasteiger partial charge in [0.25, 0.3) is 5.91 Å². The molecular formula is C26H29F3N8O. The van der Waals surface area contributed by atoms with Gasteiger partial charge in [-0.15, -0.1) is 0 Å². The van der Waals surface area contributed by atoms with Crippen LogP contribution in [0.15, 0.2) is 36.8 Å². The zero-order chi connectivity index (χ0) is 27.4. The van der Waals surface area contributed by atoms with Crippen LogP contribution in [0, 0.1) is 12.3 Å². The first-order valence-corrected chi connectivity index (χ1v) is 12.3. The lowest BCUT2D eigenvalue weighted by Gasteiger charge is -2.30. The molecular weight excluding hydrogens is 497 g/mol. The van der Waals surface area contributed by atoms with Crippen molar-refractivity contribution in [1.29, 1.82) is 5.41 Å². The fraction of sp³-hybridized carbons (Fsp3) is 0.385. The van der Waals surface area contributed by atoms with Gasteiger partial charge in [0, 0.05) is 56.9 Å². The normalized spacial score (nSPS) is 13.9. The number of amides is 1. The number of carbonyl (C=O) groups excluding carboxylic acids is 1. The lowest BCUT2D eigenvalue weighted by molar-refractivity contribution is -0.141. The van der Waals surface area contributed by atoms with E-state index in [4.69, 9.17) is 5.41 Å². The molecule has 0 unspecified atom stereocenters. The molecule has 0 atom stereocenters. The number of imidazole rings is 1. The van der Waals surface area contributed by atoms with Crippen LogP contribution >= 0.6 is 0 Å². The molecule has 1 aromatic carbocycles. The number of halogens is 3. The molecule has 12 heteroatoms. The zero-order valence-electron chi connectivity index (χ0n) is 21.7. The van der Waals surface area contributed by atoms with Crippen LogP contribution in [0.25, 0.3) is 11.1 Å². The number of benzene rings is 1. The molecule has 0 saturated heterocycles. The Balaban J connectivity index is 1.64. The second-order valence-electron chi connectivity index (χ2n) is 9.65. The summed E-state index contributed by atoms with van der Waals surface area (Å²) in [4.78, 5) is 15.5. The number of aryl methyl sites for hydroxylation is 4. The second-order valence-corrected chi connectivity index (χ2v) is 9.65. The van der Waals surface area contributed by atoms with Gasteiger partial charge in [0.05, 0.1) is 24.5 Å². The van der Waals surface area contributed by atoms with Gasteiger partial charge in [-0.05, 0) is 55.2 Å². The van der Waals surface area contributed by atoms with Crippen molar-refractivity contribution in [2.75, 3.05) is 6.54 Å². The van der Waals surface area contributed by atoms with E-state index in [0.717, 1.165) is 11.4 Å². The molecule has 4 heterocycles. The average molecular weight is 527 g/mol. The Hall–Kier alpha value is -4.09. The van der Waals surface area contributed by atoms with Crippen molar-refractivity contribution in [3.8, 4) is 11.1 Å². The molecule has 200 valence electrons. The molecule has 1 aliphatic rings. The molecule has 1 amide bonds. The summed E-state index contributed by atoms with van der Waals surface area (Å²) < 4.78 is 48.5. The molecule has 0 bridgehead atoms. The van der Waals surface area contributed by atoms with Crippen LogP contribution in [0.4, 0.5) is 13.2 Å². The van der Waals surface area contributed by atoms with Crippen molar-refractivity contribution >= 4 is 5.91 Å². The van der Waals surface area contributed by atoms with Crippen LogP contribution < -0.4 is 5.62 Å². The lowest BCUT2D eigenvalue weighted by Crippen LogP contribution is -2.38. The van der Waals surface area contributed by atoms with Crippen LogP contribution in [0.3, 0.4) is 0 Å². The number of alkyl halides is 3. The van der Waals surface area contributed by atoms with E-state index in [0.29, 0.717) is 41.8 Å². The molecule has 9 nitrogen and oxygen atoms in total. The van der Waals surface area contributed by atoms with Crippen LogP contribution in [0.1, 0.15) is 45.5 Å². The SMILES string of the molecule is CCn1cc(-c2cc(Cn3ccn(C)c3=N)cc3c2CCN(Cc2cc(C)nn2C)C3=O)c(C(F)(F)F)n1. The van der Waals surface area contributed by atoms with E-state index >= 15 is 0 Å². The Kier molecular flexibility index (Phi) is 6.28. The Morgan fingerprint density at radius 3 is 2.37 bits per heavy atom. The maximum absolute atomic E-state index is 14.0. The van der Waals surface area contributed by atoms with Gasteiger partial charge >= 0.3 is 6.18 Å². The summed E-state index contributed by atoms with van der Waals surface area (Å²) in [5.74, 6) is -0.242. The third-order valence-corrected chi connectivity index (χ3v) is 6.98. The molecule has 0 radical (unpaired) electrons. The van der Waals surface area contributed by atoms with Crippen LogP contribution in [-0.4, -0.2) is 46.0 Å². The summed E-state index contributed by atoms with van der Waals surface area (Å²) >= 11 is 0. The van der Waals surface area contributed by atoms with Crippen molar-refractivity contribution < 1.29 is 18.0 Å².